The van der Waals surface area contributed by atoms with Gasteiger partial charge in [0.2, 0.25) is 0 Å². The largest absolute Gasteiger partial charge is 0.447 e. The number of esters is 2. The second-order valence-electron chi connectivity index (χ2n) is 5.55. The molecule has 0 fully saturated rings. The van der Waals surface area contributed by atoms with Gasteiger partial charge in [0, 0.05) is 0 Å². The lowest BCUT2D eigenvalue weighted by molar-refractivity contribution is -0.448. The summed E-state index contributed by atoms with van der Waals surface area (Å²) < 4.78 is 243. The molecule has 4 nitrogen and oxygen atoms in total. The van der Waals surface area contributed by atoms with E-state index in [0.717, 1.165) is 0 Å². The molecule has 0 aliphatic rings. The maximum atomic E-state index is 13.4. The first-order chi connectivity index (χ1) is 14.4. The minimum absolute atomic E-state index is 1.85. The quantitative estimate of drug-likeness (QED) is 0.269. The monoisotopic (exact) mass is 558 g/mol. The topological polar surface area (TPSA) is 52.6 Å². The average molecular weight is 558 g/mol. The summed E-state index contributed by atoms with van der Waals surface area (Å²) in [6.07, 6.45) is -52.5. The van der Waals surface area contributed by atoms with Crippen molar-refractivity contribution >= 4 is 11.9 Å². The first kappa shape index (κ1) is 31.6. The third kappa shape index (κ3) is 5.00. The van der Waals surface area contributed by atoms with E-state index >= 15 is 0 Å². The van der Waals surface area contributed by atoms with Gasteiger partial charge >= 0.3 is 60.2 Å². The van der Waals surface area contributed by atoms with Crippen LogP contribution in [0.5, 0.6) is 0 Å². The van der Waals surface area contributed by atoms with E-state index in [-0.39, 0.29) is 0 Å². The molecule has 0 saturated heterocycles. The van der Waals surface area contributed by atoms with Crippen LogP contribution in [0.3, 0.4) is 0 Å². The average Bonchev–Trinajstić information content (AvgIpc) is 2.48. The Hall–Kier alpha value is -2.39. The number of hydrogen-bond donors (Lipinski definition) is 0. The molecule has 0 saturated carbocycles. The number of carbonyl (C=O) groups excluding carboxylic acids is 2. The molecule has 0 unspecified atom stereocenters. The van der Waals surface area contributed by atoms with E-state index in [1.807, 2.05) is 9.47 Å². The zero-order valence-electron chi connectivity index (χ0n) is 14.4. The molecule has 0 aliphatic carbocycles. The van der Waals surface area contributed by atoms with Gasteiger partial charge in [-0.25, -0.2) is 14.0 Å². The summed E-state index contributed by atoms with van der Waals surface area (Å²) in [5.74, 6) is -8.92. The maximum absolute atomic E-state index is 13.4. The van der Waals surface area contributed by atoms with Crippen molar-refractivity contribution in [1.82, 2.24) is 0 Å². The van der Waals surface area contributed by atoms with Gasteiger partial charge in [0.15, 0.2) is 0 Å². The highest BCUT2D eigenvalue weighted by Gasteiger charge is 2.89. The molecular weight excluding hydrogens is 557 g/mol. The minimum Gasteiger partial charge on any atom is -0.429 e. The fraction of sp³-hybridized carbons (Fsp3) is 0.818. The smallest absolute Gasteiger partial charge is 0.429 e. The summed E-state index contributed by atoms with van der Waals surface area (Å²) in [7, 11) is 0. The van der Waals surface area contributed by atoms with E-state index in [9.17, 15) is 93.0 Å². The van der Waals surface area contributed by atoms with Gasteiger partial charge in [0.1, 0.15) is 0 Å². The fourth-order valence-electron chi connectivity index (χ4n) is 1.81. The molecule has 0 atom stereocenters. The summed E-state index contributed by atoms with van der Waals surface area (Å²) in [6.45, 7) is 0. The number of halogens is 19. The Morgan fingerprint density at radius 1 is 0.412 bits per heavy atom. The molecule has 0 aliphatic heterocycles. The maximum Gasteiger partial charge on any atom is 0.447 e. The molecule has 0 N–H and O–H groups in total. The lowest BCUT2D eigenvalue weighted by atomic mass is 10.0. The SMILES string of the molecule is O=C(OC(C(F)(F)F)(C(F)(F)F)C(F)(F)F)C(F)C(=O)OC(C(F)(F)F)(C(F)(F)F)C(F)(F)F. The van der Waals surface area contributed by atoms with Crippen LogP contribution in [-0.2, 0) is 19.1 Å². The lowest BCUT2D eigenvalue weighted by Crippen LogP contribution is -2.70. The van der Waals surface area contributed by atoms with Gasteiger partial charge < -0.3 is 9.47 Å². The van der Waals surface area contributed by atoms with Crippen molar-refractivity contribution in [1.29, 1.82) is 0 Å². The van der Waals surface area contributed by atoms with Crippen LogP contribution in [0.1, 0.15) is 0 Å². The summed E-state index contributed by atoms with van der Waals surface area (Å²) in [6, 6.07) is 0. The van der Waals surface area contributed by atoms with Gasteiger partial charge in [-0.15, -0.1) is 0 Å². The summed E-state index contributed by atoms with van der Waals surface area (Å²) >= 11 is 0. The van der Waals surface area contributed by atoms with Crippen LogP contribution in [0.25, 0.3) is 0 Å². The van der Waals surface area contributed by atoms with Gasteiger partial charge in [0.25, 0.3) is 6.17 Å². The Balaban J connectivity index is 6.58. The molecule has 23 heteroatoms. The number of ether oxygens (including phenoxy) is 2. The Bertz CT molecular complexity index is 624. The van der Waals surface area contributed by atoms with Crippen molar-refractivity contribution in [2.75, 3.05) is 0 Å². The molecule has 202 valence electrons. The van der Waals surface area contributed by atoms with Crippen LogP contribution in [0.15, 0.2) is 0 Å². The highest BCUT2D eigenvalue weighted by atomic mass is 19.4. The van der Waals surface area contributed by atoms with E-state index in [1.54, 1.807) is 0 Å². The highest BCUT2D eigenvalue weighted by Crippen LogP contribution is 2.56. The summed E-state index contributed by atoms with van der Waals surface area (Å²) in [5, 5.41) is 0. The van der Waals surface area contributed by atoms with Gasteiger partial charge in [-0.3, -0.25) is 0 Å². The van der Waals surface area contributed by atoms with Gasteiger partial charge in [0.05, 0.1) is 0 Å². The number of rotatable bonds is 4. The molecular formula is C11HF19O4. The molecule has 0 aromatic carbocycles. The van der Waals surface area contributed by atoms with Crippen LogP contribution >= 0.6 is 0 Å². The van der Waals surface area contributed by atoms with E-state index in [0.29, 0.717) is 0 Å². The first-order valence-corrected chi connectivity index (χ1v) is 6.92. The van der Waals surface area contributed by atoms with Crippen molar-refractivity contribution in [2.24, 2.45) is 0 Å². The Morgan fingerprint density at radius 2 is 0.559 bits per heavy atom. The minimum atomic E-state index is -7.82. The first-order valence-electron chi connectivity index (χ1n) is 6.92. The van der Waals surface area contributed by atoms with Gasteiger partial charge in [-0.2, -0.15) is 79.0 Å². The van der Waals surface area contributed by atoms with Crippen LogP contribution in [0.2, 0.25) is 0 Å². The summed E-state index contributed by atoms with van der Waals surface area (Å²) in [4.78, 5) is 21.9. The molecule has 0 rings (SSSR count). The Morgan fingerprint density at radius 3 is 0.676 bits per heavy atom. The third-order valence-electron chi connectivity index (χ3n) is 3.32. The molecule has 0 spiro atoms. The molecule has 0 radical (unpaired) electrons. The van der Waals surface area contributed by atoms with Crippen LogP contribution < -0.4 is 0 Å². The van der Waals surface area contributed by atoms with Crippen LogP contribution in [0, 0.1) is 0 Å². The zero-order chi connectivity index (χ0) is 28.1. The number of hydrogen-bond acceptors (Lipinski definition) is 4. The van der Waals surface area contributed by atoms with E-state index in [1.165, 1.54) is 0 Å². The van der Waals surface area contributed by atoms with Gasteiger partial charge in [-0.1, -0.05) is 0 Å². The van der Waals surface area contributed by atoms with Crippen molar-refractivity contribution in [3.8, 4) is 0 Å². The molecule has 34 heavy (non-hydrogen) atoms. The lowest BCUT2D eigenvalue weighted by Gasteiger charge is -2.38. The Kier molecular flexibility index (Phi) is 7.79. The zero-order valence-corrected chi connectivity index (χ0v) is 14.4. The Labute approximate surface area is 170 Å². The molecule has 0 amide bonds. The summed E-state index contributed by atoms with van der Waals surface area (Å²) in [5.41, 5.74) is -15.5. The van der Waals surface area contributed by atoms with E-state index in [4.69, 9.17) is 0 Å². The molecule has 0 bridgehead atoms. The molecule has 0 heterocycles. The van der Waals surface area contributed by atoms with Gasteiger partial charge in [-0.05, 0) is 0 Å². The molecule has 0 aromatic rings. The second kappa shape index (κ2) is 8.37. The highest BCUT2D eigenvalue weighted by molar-refractivity contribution is 5.98. The third-order valence-corrected chi connectivity index (χ3v) is 3.32. The molecule has 0 aromatic heterocycles. The fourth-order valence-corrected chi connectivity index (χ4v) is 1.81. The normalized spacial score (nSPS) is 15.4. The second-order valence-corrected chi connectivity index (χ2v) is 5.55. The predicted octanol–water partition coefficient (Wildman–Crippen LogP) is 5.26. The predicted molar refractivity (Wildman–Crippen MR) is 58.9 cm³/mol. The van der Waals surface area contributed by atoms with Crippen molar-refractivity contribution in [3.05, 3.63) is 0 Å². The van der Waals surface area contributed by atoms with Crippen molar-refractivity contribution in [3.63, 3.8) is 0 Å². The number of carbonyl (C=O) groups is 2. The van der Waals surface area contributed by atoms with Crippen molar-refractivity contribution in [2.45, 2.75) is 54.4 Å². The number of alkyl halides is 19. The standard InChI is InChI=1S/C11HF19O4/c12-1(2(31)33-4(6(13,14)15,7(16,17)18)8(19,20)21)3(32)34-5(9(22,23)24,10(25,26)27)11(28,29)30/h1H. The van der Waals surface area contributed by atoms with E-state index in [2.05, 4.69) is 0 Å². The van der Waals surface area contributed by atoms with Crippen LogP contribution in [-0.4, -0.2) is 66.4 Å². The van der Waals surface area contributed by atoms with Crippen LogP contribution in [0.4, 0.5) is 83.4 Å². The van der Waals surface area contributed by atoms with Crippen molar-refractivity contribution < 1.29 is 102 Å². The van der Waals surface area contributed by atoms with E-state index < -0.39 is 66.4 Å².